The lowest BCUT2D eigenvalue weighted by Crippen LogP contribution is -2.29. The second-order valence-corrected chi connectivity index (χ2v) is 9.39. The Labute approximate surface area is 215 Å². The first-order chi connectivity index (χ1) is 17.6. The monoisotopic (exact) mass is 512 g/mol. The van der Waals surface area contributed by atoms with Crippen molar-refractivity contribution in [3.05, 3.63) is 53.6 Å². The van der Waals surface area contributed by atoms with Gasteiger partial charge >= 0.3 is 11.3 Å². The van der Waals surface area contributed by atoms with Gasteiger partial charge in [0, 0.05) is 23.5 Å². The molecule has 9 nitrogen and oxygen atoms in total. The summed E-state index contributed by atoms with van der Waals surface area (Å²) >= 11 is 1.21. The van der Waals surface area contributed by atoms with Crippen LogP contribution in [-0.4, -0.2) is 72.7 Å². The highest BCUT2D eigenvalue weighted by Gasteiger charge is 2.23. The van der Waals surface area contributed by atoms with Crippen molar-refractivity contribution in [3.63, 3.8) is 0 Å². The molecule has 36 heavy (non-hydrogen) atoms. The fourth-order valence-electron chi connectivity index (χ4n) is 4.08. The highest BCUT2D eigenvalue weighted by Crippen LogP contribution is 2.30. The zero-order valence-electron chi connectivity index (χ0n) is 20.7. The zero-order chi connectivity index (χ0) is 25.3. The standard InChI is InChI=1S/C26H32N4O5S/c1-3-34-24-16-20(8-11-23(24)33-2)22-18-36-26(32)30(28-22)17-19-6-9-21(10-7-19)27-25(31)35-15-14-29-12-4-5-13-29/h6-11,16H,3-5,12-15,17-18H2,1-2H3,(H,27,31). The van der Waals surface area contributed by atoms with Gasteiger partial charge in [-0.3, -0.25) is 15.0 Å². The van der Waals surface area contributed by atoms with Gasteiger partial charge in [-0.25, -0.2) is 9.80 Å². The maximum Gasteiger partial charge on any atom is 0.411 e. The normalized spacial score (nSPS) is 16.0. The summed E-state index contributed by atoms with van der Waals surface area (Å²) in [4.78, 5) is 26.9. The van der Waals surface area contributed by atoms with E-state index in [1.165, 1.54) is 29.6 Å². The van der Waals surface area contributed by atoms with Crippen LogP contribution < -0.4 is 14.8 Å². The molecule has 0 radical (unpaired) electrons. The number of anilines is 1. The van der Waals surface area contributed by atoms with E-state index < -0.39 is 6.09 Å². The number of nitrogens with one attached hydrogen (secondary N) is 1. The van der Waals surface area contributed by atoms with E-state index in [9.17, 15) is 9.59 Å². The van der Waals surface area contributed by atoms with Crippen LogP contribution >= 0.6 is 11.8 Å². The number of rotatable bonds is 10. The molecule has 0 spiro atoms. The number of thioether (sulfide) groups is 1. The number of hydrogen-bond acceptors (Lipinski definition) is 8. The van der Waals surface area contributed by atoms with Crippen LogP contribution in [0.2, 0.25) is 0 Å². The summed E-state index contributed by atoms with van der Waals surface area (Å²) in [6.07, 6.45) is 1.96. The lowest BCUT2D eigenvalue weighted by atomic mass is 10.1. The van der Waals surface area contributed by atoms with Gasteiger partial charge in [-0.1, -0.05) is 23.9 Å². The van der Waals surface area contributed by atoms with Gasteiger partial charge < -0.3 is 14.2 Å². The van der Waals surface area contributed by atoms with E-state index in [0.717, 1.165) is 36.5 Å². The molecular weight excluding hydrogens is 480 g/mol. The fraction of sp³-hybridized carbons (Fsp3) is 0.423. The van der Waals surface area contributed by atoms with Crippen molar-refractivity contribution in [2.24, 2.45) is 5.10 Å². The Hall–Kier alpha value is -3.24. The first-order valence-corrected chi connectivity index (χ1v) is 13.1. The summed E-state index contributed by atoms with van der Waals surface area (Å²) in [6, 6.07) is 13.0. The SMILES string of the molecule is CCOc1cc(C2=NN(Cc3ccc(NC(=O)OCCN4CCCC4)cc3)C(=O)SC2)ccc1OC. The Bertz CT molecular complexity index is 1090. The van der Waals surface area contributed by atoms with Gasteiger partial charge in [-0.2, -0.15) is 5.10 Å². The van der Waals surface area contributed by atoms with Crippen molar-refractivity contribution in [3.8, 4) is 11.5 Å². The highest BCUT2D eigenvalue weighted by atomic mass is 32.2. The Morgan fingerprint density at radius 1 is 1.11 bits per heavy atom. The second-order valence-electron chi connectivity index (χ2n) is 8.46. The number of nitrogens with zero attached hydrogens (tertiary/aromatic N) is 3. The van der Waals surface area contributed by atoms with Gasteiger partial charge in [0.25, 0.3) is 0 Å². The van der Waals surface area contributed by atoms with Crippen molar-refractivity contribution in [1.82, 2.24) is 9.91 Å². The van der Waals surface area contributed by atoms with Crippen LogP contribution in [0.1, 0.15) is 30.9 Å². The number of amides is 2. The van der Waals surface area contributed by atoms with Crippen LogP contribution in [-0.2, 0) is 11.3 Å². The molecule has 0 bridgehead atoms. The van der Waals surface area contributed by atoms with Crippen LogP contribution in [0.5, 0.6) is 11.5 Å². The number of methoxy groups -OCH3 is 1. The third-order valence-corrected chi connectivity index (χ3v) is 6.83. The third kappa shape index (κ3) is 6.92. The first kappa shape index (κ1) is 25.8. The molecule has 0 saturated carbocycles. The number of ether oxygens (including phenoxy) is 3. The fourth-order valence-corrected chi connectivity index (χ4v) is 4.82. The molecule has 2 aromatic rings. The molecule has 2 aliphatic heterocycles. The molecule has 2 aliphatic rings. The van der Waals surface area contributed by atoms with Gasteiger partial charge in [-0.15, -0.1) is 0 Å². The maximum atomic E-state index is 12.5. The van der Waals surface area contributed by atoms with Crippen LogP contribution in [0, 0.1) is 0 Å². The van der Waals surface area contributed by atoms with E-state index in [0.29, 0.717) is 42.7 Å². The number of benzene rings is 2. The minimum absolute atomic E-state index is 0.110. The van der Waals surface area contributed by atoms with Crippen molar-refractivity contribution in [1.29, 1.82) is 0 Å². The largest absolute Gasteiger partial charge is 0.493 e. The number of likely N-dealkylation sites (tertiary alicyclic amines) is 1. The molecule has 4 rings (SSSR count). The smallest absolute Gasteiger partial charge is 0.411 e. The summed E-state index contributed by atoms with van der Waals surface area (Å²) in [5.74, 6) is 1.78. The van der Waals surface area contributed by atoms with E-state index in [1.807, 2.05) is 37.3 Å². The average molecular weight is 513 g/mol. The quantitative estimate of drug-likeness (QED) is 0.488. The molecule has 0 atom stereocenters. The zero-order valence-corrected chi connectivity index (χ0v) is 21.5. The number of carbonyl (C=O) groups excluding carboxylic acids is 2. The average Bonchev–Trinajstić information content (AvgIpc) is 3.40. The van der Waals surface area contributed by atoms with Gasteiger partial charge in [-0.05, 0) is 68.8 Å². The molecule has 1 fully saturated rings. The van der Waals surface area contributed by atoms with Crippen LogP contribution in [0.3, 0.4) is 0 Å². The Balaban J connectivity index is 1.34. The summed E-state index contributed by atoms with van der Waals surface area (Å²) in [7, 11) is 1.60. The predicted molar refractivity (Wildman–Crippen MR) is 141 cm³/mol. The van der Waals surface area contributed by atoms with Crippen LogP contribution in [0.15, 0.2) is 47.6 Å². The molecule has 192 valence electrons. The minimum atomic E-state index is -0.468. The molecule has 0 aliphatic carbocycles. The summed E-state index contributed by atoms with van der Waals surface area (Å²) in [5, 5.41) is 8.71. The summed E-state index contributed by atoms with van der Waals surface area (Å²) < 4.78 is 16.3. The van der Waals surface area contributed by atoms with Gasteiger partial charge in [0.1, 0.15) is 6.61 Å². The molecule has 1 N–H and O–H groups in total. The molecule has 10 heteroatoms. The Morgan fingerprint density at radius 3 is 2.61 bits per heavy atom. The summed E-state index contributed by atoms with van der Waals surface area (Å²) in [5.41, 5.74) is 3.20. The lowest BCUT2D eigenvalue weighted by Gasteiger charge is -2.23. The first-order valence-electron chi connectivity index (χ1n) is 12.1. The van der Waals surface area contributed by atoms with Crippen molar-refractivity contribution in [2.75, 3.05) is 51.0 Å². The lowest BCUT2D eigenvalue weighted by molar-refractivity contribution is 0.146. The Kier molecular flexibility index (Phi) is 9.07. The van der Waals surface area contributed by atoms with Gasteiger partial charge in [0.15, 0.2) is 11.5 Å². The van der Waals surface area contributed by atoms with E-state index in [2.05, 4.69) is 15.3 Å². The molecule has 2 heterocycles. The van der Waals surface area contributed by atoms with Gasteiger partial charge in [0.2, 0.25) is 0 Å². The summed E-state index contributed by atoms with van der Waals surface area (Å²) in [6.45, 7) is 6.05. The second kappa shape index (κ2) is 12.6. The highest BCUT2D eigenvalue weighted by molar-refractivity contribution is 8.14. The maximum absolute atomic E-state index is 12.5. The van der Waals surface area contributed by atoms with Crippen molar-refractivity contribution in [2.45, 2.75) is 26.3 Å². The number of carbonyl (C=O) groups is 2. The van der Waals surface area contributed by atoms with E-state index in [4.69, 9.17) is 14.2 Å². The molecule has 1 saturated heterocycles. The van der Waals surface area contributed by atoms with Crippen LogP contribution in [0.25, 0.3) is 0 Å². The molecular formula is C26H32N4O5S. The van der Waals surface area contributed by atoms with E-state index in [-0.39, 0.29) is 5.24 Å². The van der Waals surface area contributed by atoms with Crippen molar-refractivity contribution >= 4 is 34.5 Å². The van der Waals surface area contributed by atoms with Crippen molar-refractivity contribution < 1.29 is 23.8 Å². The Morgan fingerprint density at radius 2 is 1.89 bits per heavy atom. The molecule has 2 aromatic carbocycles. The minimum Gasteiger partial charge on any atom is -0.493 e. The third-order valence-electron chi connectivity index (χ3n) is 5.95. The molecule has 0 unspecified atom stereocenters. The van der Waals surface area contributed by atoms with E-state index in [1.54, 1.807) is 19.2 Å². The number of hydrazone groups is 1. The predicted octanol–water partition coefficient (Wildman–Crippen LogP) is 4.81. The number of hydrogen-bond donors (Lipinski definition) is 1. The van der Waals surface area contributed by atoms with E-state index >= 15 is 0 Å². The van der Waals surface area contributed by atoms with Gasteiger partial charge in [0.05, 0.1) is 26.0 Å². The molecule has 2 amide bonds. The molecule has 0 aromatic heterocycles. The topological polar surface area (TPSA) is 92.7 Å². The van der Waals surface area contributed by atoms with Crippen LogP contribution in [0.4, 0.5) is 15.3 Å².